The molecule has 0 aromatic heterocycles. The van der Waals surface area contributed by atoms with Crippen LogP contribution in [0, 0.1) is 12.7 Å². The number of carboxylic acids is 1. The first-order chi connectivity index (χ1) is 14.8. The summed E-state index contributed by atoms with van der Waals surface area (Å²) in [5.74, 6) is -0.589. The van der Waals surface area contributed by atoms with Crippen molar-refractivity contribution in [1.82, 2.24) is 0 Å². The zero-order chi connectivity index (χ0) is 22.5. The van der Waals surface area contributed by atoms with Crippen molar-refractivity contribution in [1.29, 1.82) is 0 Å². The van der Waals surface area contributed by atoms with Crippen molar-refractivity contribution in [3.63, 3.8) is 0 Å². The van der Waals surface area contributed by atoms with Crippen LogP contribution >= 0.6 is 23.2 Å². The van der Waals surface area contributed by atoms with Gasteiger partial charge in [0.05, 0.1) is 22.7 Å². The summed E-state index contributed by atoms with van der Waals surface area (Å²) in [5.41, 5.74) is 3.32. The Labute approximate surface area is 189 Å². The highest BCUT2D eigenvalue weighted by Crippen LogP contribution is 2.37. The normalized spacial score (nSPS) is 10.6. The lowest BCUT2D eigenvalue weighted by Crippen LogP contribution is -2.05. The van der Waals surface area contributed by atoms with E-state index in [0.717, 1.165) is 16.8 Å². The van der Waals surface area contributed by atoms with Crippen molar-refractivity contribution in [2.75, 3.05) is 12.4 Å². The molecule has 0 radical (unpaired) electrons. The Morgan fingerprint density at radius 3 is 2.52 bits per heavy atom. The Kier molecular flexibility index (Phi) is 7.25. The van der Waals surface area contributed by atoms with E-state index >= 15 is 0 Å². The van der Waals surface area contributed by atoms with E-state index in [2.05, 4.69) is 5.32 Å². The number of hydrogen-bond donors (Lipinski definition) is 2. The number of benzene rings is 3. The number of ether oxygens (including phenoxy) is 2. The molecule has 2 N–H and O–H groups in total. The van der Waals surface area contributed by atoms with Crippen LogP contribution in [0.3, 0.4) is 0 Å². The van der Waals surface area contributed by atoms with Crippen molar-refractivity contribution < 1.29 is 23.8 Å². The van der Waals surface area contributed by atoms with Gasteiger partial charge in [0.2, 0.25) is 0 Å². The van der Waals surface area contributed by atoms with Crippen molar-refractivity contribution in [2.45, 2.75) is 20.1 Å². The van der Waals surface area contributed by atoms with E-state index in [1.807, 2.05) is 6.92 Å². The first-order valence-corrected chi connectivity index (χ1v) is 10.0. The van der Waals surface area contributed by atoms with Crippen molar-refractivity contribution in [3.05, 3.63) is 86.6 Å². The van der Waals surface area contributed by atoms with Crippen molar-refractivity contribution >= 4 is 34.9 Å². The zero-order valence-electron chi connectivity index (χ0n) is 16.8. The largest absolute Gasteiger partial charge is 0.493 e. The van der Waals surface area contributed by atoms with Gasteiger partial charge in [-0.1, -0.05) is 29.3 Å². The molecule has 5 nitrogen and oxygen atoms in total. The molecule has 8 heteroatoms. The lowest BCUT2D eigenvalue weighted by molar-refractivity contribution is 0.0697. The van der Waals surface area contributed by atoms with Gasteiger partial charge in [-0.25, -0.2) is 9.18 Å². The summed E-state index contributed by atoms with van der Waals surface area (Å²) in [5, 5.41) is 13.0. The maximum atomic E-state index is 13.2. The van der Waals surface area contributed by atoms with Gasteiger partial charge in [0, 0.05) is 17.8 Å². The van der Waals surface area contributed by atoms with Crippen LogP contribution in [-0.2, 0) is 13.2 Å². The Hall–Kier alpha value is -2.96. The summed E-state index contributed by atoms with van der Waals surface area (Å²) in [6.07, 6.45) is 0. The minimum absolute atomic E-state index is 0.0991. The number of anilines is 1. The smallest absolute Gasteiger partial charge is 0.335 e. The van der Waals surface area contributed by atoms with Crippen molar-refractivity contribution in [3.8, 4) is 11.5 Å². The fourth-order valence-corrected chi connectivity index (χ4v) is 3.51. The number of carboxylic acid groups (broad SMARTS) is 1. The number of carbonyl (C=O) groups is 1. The highest BCUT2D eigenvalue weighted by Gasteiger charge is 2.14. The summed E-state index contributed by atoms with van der Waals surface area (Å²) in [7, 11) is 1.51. The molecular formula is C23H20Cl2FNO4. The molecule has 0 saturated carbocycles. The third kappa shape index (κ3) is 5.60. The van der Waals surface area contributed by atoms with E-state index in [9.17, 15) is 9.18 Å². The van der Waals surface area contributed by atoms with E-state index in [-0.39, 0.29) is 17.2 Å². The first kappa shape index (κ1) is 22.7. The molecule has 3 rings (SSSR count). The van der Waals surface area contributed by atoms with Gasteiger partial charge < -0.3 is 19.9 Å². The number of rotatable bonds is 8. The number of aromatic carboxylic acids is 1. The third-order valence-electron chi connectivity index (χ3n) is 4.63. The minimum atomic E-state index is -0.969. The fourth-order valence-electron chi connectivity index (χ4n) is 3.00. The van der Waals surface area contributed by atoms with Gasteiger partial charge in [-0.3, -0.25) is 0 Å². The van der Waals surface area contributed by atoms with Crippen molar-refractivity contribution in [2.24, 2.45) is 0 Å². The van der Waals surface area contributed by atoms with Crippen LogP contribution in [0.4, 0.5) is 10.1 Å². The summed E-state index contributed by atoms with van der Waals surface area (Å²) < 4.78 is 24.4. The molecular weight excluding hydrogens is 444 g/mol. The van der Waals surface area contributed by atoms with Crippen LogP contribution in [0.5, 0.6) is 11.5 Å². The fraction of sp³-hybridized carbons (Fsp3) is 0.174. The third-order valence-corrected chi connectivity index (χ3v) is 5.27. The van der Waals surface area contributed by atoms with Crippen LogP contribution < -0.4 is 14.8 Å². The summed E-state index contributed by atoms with van der Waals surface area (Å²) in [6.45, 7) is 2.37. The Morgan fingerprint density at radius 1 is 1.10 bits per heavy atom. The van der Waals surface area contributed by atoms with Gasteiger partial charge in [0.25, 0.3) is 0 Å². The van der Waals surface area contributed by atoms with E-state index in [4.69, 9.17) is 37.8 Å². The summed E-state index contributed by atoms with van der Waals surface area (Å²) in [4.78, 5) is 11.1. The number of halogens is 3. The topological polar surface area (TPSA) is 67.8 Å². The van der Waals surface area contributed by atoms with Gasteiger partial charge in [-0.05, 0) is 60.5 Å². The highest BCUT2D eigenvalue weighted by molar-refractivity contribution is 6.32. The average Bonchev–Trinajstić information content (AvgIpc) is 2.72. The summed E-state index contributed by atoms with van der Waals surface area (Å²) in [6, 6.07) is 12.5. The molecule has 0 bridgehead atoms. The molecule has 0 heterocycles. The molecule has 0 fully saturated rings. The van der Waals surface area contributed by atoms with Gasteiger partial charge in [0.15, 0.2) is 11.5 Å². The molecule has 0 saturated heterocycles. The molecule has 0 atom stereocenters. The molecule has 0 aliphatic heterocycles. The number of hydrogen-bond acceptors (Lipinski definition) is 4. The molecule has 162 valence electrons. The first-order valence-electron chi connectivity index (χ1n) is 9.29. The van der Waals surface area contributed by atoms with Crippen LogP contribution in [-0.4, -0.2) is 18.2 Å². The second-order valence-electron chi connectivity index (χ2n) is 6.82. The highest BCUT2D eigenvalue weighted by atomic mass is 35.5. The minimum Gasteiger partial charge on any atom is -0.493 e. The Bertz CT molecular complexity index is 1120. The van der Waals surface area contributed by atoms with Crippen LogP contribution in [0.2, 0.25) is 10.0 Å². The molecule has 0 spiro atoms. The zero-order valence-corrected chi connectivity index (χ0v) is 18.4. The van der Waals surface area contributed by atoms with Crippen LogP contribution in [0.25, 0.3) is 0 Å². The Balaban J connectivity index is 1.73. The van der Waals surface area contributed by atoms with Gasteiger partial charge in [0.1, 0.15) is 12.4 Å². The van der Waals surface area contributed by atoms with Crippen LogP contribution in [0.1, 0.15) is 27.0 Å². The maximum absolute atomic E-state index is 13.2. The SMILES string of the molecule is COc1cc(CNc2ccc(C(=O)O)cc2C)cc(Cl)c1OCc1ccc(F)cc1Cl. The van der Waals surface area contributed by atoms with Gasteiger partial charge in [-0.2, -0.15) is 0 Å². The summed E-state index contributed by atoms with van der Waals surface area (Å²) >= 11 is 12.5. The second-order valence-corrected chi connectivity index (χ2v) is 7.64. The molecule has 0 unspecified atom stereocenters. The molecule has 3 aromatic carbocycles. The van der Waals surface area contributed by atoms with Crippen LogP contribution in [0.15, 0.2) is 48.5 Å². The maximum Gasteiger partial charge on any atom is 0.335 e. The quantitative estimate of drug-likeness (QED) is 0.407. The standard InChI is InChI=1S/C23H20Cl2FNO4/c1-13-7-15(23(28)29)4-6-20(13)27-11-14-8-19(25)22(21(9-14)30-2)31-12-16-3-5-17(26)10-18(16)24/h3-10,27H,11-12H2,1-2H3,(H,28,29). The lowest BCUT2D eigenvalue weighted by Gasteiger charge is -2.16. The number of aryl methyl sites for hydroxylation is 1. The average molecular weight is 464 g/mol. The Morgan fingerprint density at radius 2 is 1.87 bits per heavy atom. The van der Waals surface area contributed by atoms with Gasteiger partial charge >= 0.3 is 5.97 Å². The van der Waals surface area contributed by atoms with E-state index in [1.54, 1.807) is 36.4 Å². The molecule has 0 aliphatic rings. The number of nitrogens with one attached hydrogen (secondary N) is 1. The second kappa shape index (κ2) is 9.90. The van der Waals surface area contributed by atoms with E-state index in [1.165, 1.54) is 19.2 Å². The predicted molar refractivity (Wildman–Crippen MR) is 119 cm³/mol. The molecule has 0 aliphatic carbocycles. The van der Waals surface area contributed by atoms with E-state index in [0.29, 0.717) is 28.6 Å². The van der Waals surface area contributed by atoms with E-state index < -0.39 is 11.8 Å². The molecule has 3 aromatic rings. The molecule has 31 heavy (non-hydrogen) atoms. The number of methoxy groups -OCH3 is 1. The lowest BCUT2D eigenvalue weighted by atomic mass is 10.1. The molecule has 0 amide bonds. The predicted octanol–water partition coefficient (Wildman–Crippen LogP) is 6.34. The van der Waals surface area contributed by atoms with Gasteiger partial charge in [-0.15, -0.1) is 0 Å². The monoisotopic (exact) mass is 463 g/mol.